The summed E-state index contributed by atoms with van der Waals surface area (Å²) >= 11 is 0. The first-order valence-electron chi connectivity index (χ1n) is 6.41. The second-order valence-electron chi connectivity index (χ2n) is 4.81. The van der Waals surface area contributed by atoms with E-state index in [-0.39, 0.29) is 6.04 Å². The molecule has 4 heteroatoms. The Hall–Kier alpha value is -1.36. The van der Waals surface area contributed by atoms with Crippen LogP contribution in [0, 0.1) is 5.92 Å². The van der Waals surface area contributed by atoms with Crippen LogP contribution in [0.1, 0.15) is 24.6 Å². The number of hydrogen-bond donors (Lipinski definition) is 2. The van der Waals surface area contributed by atoms with Gasteiger partial charge in [-0.25, -0.2) is 5.43 Å². The van der Waals surface area contributed by atoms with Gasteiger partial charge in [-0.1, -0.05) is 18.2 Å². The second kappa shape index (κ2) is 5.10. The van der Waals surface area contributed by atoms with Gasteiger partial charge in [0, 0.05) is 17.9 Å². The summed E-state index contributed by atoms with van der Waals surface area (Å²) in [4.78, 5) is 0. The van der Waals surface area contributed by atoms with E-state index in [2.05, 4.69) is 11.5 Å². The number of hydrazine groups is 1. The van der Waals surface area contributed by atoms with Crippen molar-refractivity contribution in [1.29, 1.82) is 0 Å². The van der Waals surface area contributed by atoms with Crippen LogP contribution in [0.3, 0.4) is 0 Å². The minimum Gasteiger partial charge on any atom is -0.459 e. The van der Waals surface area contributed by atoms with Crippen LogP contribution in [0.2, 0.25) is 0 Å². The van der Waals surface area contributed by atoms with Gasteiger partial charge in [-0.15, -0.1) is 0 Å². The SMILES string of the molecule is NNC(c1cc2ccccc2o1)C1CCCOC1. The van der Waals surface area contributed by atoms with Crippen molar-refractivity contribution < 1.29 is 9.15 Å². The molecule has 2 aromatic rings. The van der Waals surface area contributed by atoms with E-state index in [0.717, 1.165) is 42.8 Å². The van der Waals surface area contributed by atoms with Crippen LogP contribution in [0.4, 0.5) is 0 Å². The molecule has 1 aliphatic heterocycles. The van der Waals surface area contributed by atoms with Gasteiger partial charge in [0.05, 0.1) is 12.6 Å². The van der Waals surface area contributed by atoms with E-state index < -0.39 is 0 Å². The van der Waals surface area contributed by atoms with Gasteiger partial charge in [0.15, 0.2) is 0 Å². The minimum absolute atomic E-state index is 0.0256. The van der Waals surface area contributed by atoms with E-state index in [1.807, 2.05) is 24.3 Å². The molecule has 1 aromatic heterocycles. The molecule has 4 nitrogen and oxygen atoms in total. The molecule has 3 N–H and O–H groups in total. The van der Waals surface area contributed by atoms with Crippen molar-refractivity contribution in [3.63, 3.8) is 0 Å². The average molecular weight is 246 g/mol. The van der Waals surface area contributed by atoms with Crippen molar-refractivity contribution >= 4 is 11.0 Å². The van der Waals surface area contributed by atoms with Crippen LogP contribution in [0.5, 0.6) is 0 Å². The fourth-order valence-electron chi connectivity index (χ4n) is 2.63. The van der Waals surface area contributed by atoms with Gasteiger partial charge >= 0.3 is 0 Å². The molecule has 1 fully saturated rings. The molecule has 1 aromatic carbocycles. The number of fused-ring (bicyclic) bond motifs is 1. The molecule has 3 rings (SSSR count). The highest BCUT2D eigenvalue weighted by atomic mass is 16.5. The molecule has 1 aliphatic rings. The van der Waals surface area contributed by atoms with Crippen molar-refractivity contribution in [3.8, 4) is 0 Å². The van der Waals surface area contributed by atoms with Crippen LogP contribution >= 0.6 is 0 Å². The van der Waals surface area contributed by atoms with Gasteiger partial charge in [0.1, 0.15) is 11.3 Å². The van der Waals surface area contributed by atoms with Crippen LogP contribution in [0.15, 0.2) is 34.7 Å². The number of furan rings is 1. The van der Waals surface area contributed by atoms with Gasteiger partial charge in [0.25, 0.3) is 0 Å². The van der Waals surface area contributed by atoms with Gasteiger partial charge in [-0.3, -0.25) is 5.84 Å². The number of nitrogens with one attached hydrogen (secondary N) is 1. The Morgan fingerprint density at radius 1 is 1.33 bits per heavy atom. The second-order valence-corrected chi connectivity index (χ2v) is 4.81. The summed E-state index contributed by atoms with van der Waals surface area (Å²) in [6, 6.07) is 10.1. The number of benzene rings is 1. The first-order chi connectivity index (χ1) is 8.88. The predicted molar refractivity (Wildman–Crippen MR) is 69.8 cm³/mol. The summed E-state index contributed by atoms with van der Waals surface area (Å²) < 4.78 is 11.4. The predicted octanol–water partition coefficient (Wildman–Crippen LogP) is 2.36. The number of hydrogen-bond acceptors (Lipinski definition) is 4. The van der Waals surface area contributed by atoms with Crippen molar-refractivity contribution in [1.82, 2.24) is 5.43 Å². The zero-order valence-corrected chi connectivity index (χ0v) is 10.3. The van der Waals surface area contributed by atoms with Crippen LogP contribution in [-0.4, -0.2) is 13.2 Å². The molecular formula is C14H18N2O2. The molecule has 96 valence electrons. The number of nitrogens with two attached hydrogens (primary N) is 1. The first-order valence-corrected chi connectivity index (χ1v) is 6.41. The lowest BCUT2D eigenvalue weighted by atomic mass is 9.92. The molecule has 2 unspecified atom stereocenters. The highest BCUT2D eigenvalue weighted by Crippen LogP contribution is 2.31. The average Bonchev–Trinajstić information content (AvgIpc) is 2.84. The first kappa shape index (κ1) is 11.7. The Balaban J connectivity index is 1.90. The molecule has 0 aliphatic carbocycles. The number of ether oxygens (including phenoxy) is 1. The van der Waals surface area contributed by atoms with E-state index >= 15 is 0 Å². The fourth-order valence-corrected chi connectivity index (χ4v) is 2.63. The Morgan fingerprint density at radius 3 is 2.94 bits per heavy atom. The van der Waals surface area contributed by atoms with Crippen LogP contribution < -0.4 is 11.3 Å². The van der Waals surface area contributed by atoms with E-state index in [1.165, 1.54) is 0 Å². The quantitative estimate of drug-likeness (QED) is 0.644. The lowest BCUT2D eigenvalue weighted by Gasteiger charge is -2.28. The van der Waals surface area contributed by atoms with E-state index in [1.54, 1.807) is 0 Å². The maximum Gasteiger partial charge on any atom is 0.134 e. The normalized spacial score (nSPS) is 22.2. The molecule has 2 heterocycles. The Kier molecular flexibility index (Phi) is 3.32. The van der Waals surface area contributed by atoms with Crippen molar-refractivity contribution in [2.75, 3.05) is 13.2 Å². The Bertz CT molecular complexity index is 484. The minimum atomic E-state index is 0.0256. The summed E-state index contributed by atoms with van der Waals surface area (Å²) in [5, 5.41) is 1.12. The highest BCUT2D eigenvalue weighted by Gasteiger charge is 2.27. The van der Waals surface area contributed by atoms with Crippen LogP contribution in [0.25, 0.3) is 11.0 Å². The fraction of sp³-hybridized carbons (Fsp3) is 0.429. The third-order valence-electron chi connectivity index (χ3n) is 3.60. The summed E-state index contributed by atoms with van der Waals surface area (Å²) in [6.45, 7) is 1.60. The van der Waals surface area contributed by atoms with Crippen molar-refractivity contribution in [2.45, 2.75) is 18.9 Å². The summed E-state index contributed by atoms with van der Waals surface area (Å²) in [7, 11) is 0. The molecular weight excluding hydrogens is 228 g/mol. The number of rotatable bonds is 3. The van der Waals surface area contributed by atoms with Gasteiger partial charge in [0.2, 0.25) is 0 Å². The standard InChI is InChI=1S/C14H18N2O2/c15-16-14(11-5-3-7-17-9-11)13-8-10-4-1-2-6-12(10)18-13/h1-2,4,6,8,11,14,16H,3,5,7,9,15H2. The van der Waals surface area contributed by atoms with Crippen LogP contribution in [-0.2, 0) is 4.74 Å². The van der Waals surface area contributed by atoms with Gasteiger partial charge < -0.3 is 9.15 Å². The lowest BCUT2D eigenvalue weighted by Crippen LogP contribution is -2.37. The topological polar surface area (TPSA) is 60.4 Å². The third kappa shape index (κ3) is 2.14. The zero-order chi connectivity index (χ0) is 12.4. The Labute approximate surface area is 106 Å². The van der Waals surface area contributed by atoms with E-state index in [0.29, 0.717) is 5.92 Å². The number of para-hydroxylation sites is 1. The maximum absolute atomic E-state index is 5.88. The summed E-state index contributed by atoms with van der Waals surface area (Å²) in [5.74, 6) is 6.97. The lowest BCUT2D eigenvalue weighted by molar-refractivity contribution is 0.0358. The van der Waals surface area contributed by atoms with Crippen molar-refractivity contribution in [2.24, 2.45) is 11.8 Å². The van der Waals surface area contributed by atoms with Crippen molar-refractivity contribution in [3.05, 3.63) is 36.1 Å². The molecule has 0 spiro atoms. The highest BCUT2D eigenvalue weighted by molar-refractivity contribution is 5.77. The summed E-state index contributed by atoms with van der Waals surface area (Å²) in [6.07, 6.45) is 2.20. The molecule has 1 saturated heterocycles. The van der Waals surface area contributed by atoms with E-state index in [4.69, 9.17) is 15.0 Å². The van der Waals surface area contributed by atoms with Gasteiger partial charge in [-0.05, 0) is 25.0 Å². The Morgan fingerprint density at radius 2 is 2.22 bits per heavy atom. The molecule has 18 heavy (non-hydrogen) atoms. The molecule has 0 amide bonds. The smallest absolute Gasteiger partial charge is 0.134 e. The van der Waals surface area contributed by atoms with Gasteiger partial charge in [-0.2, -0.15) is 0 Å². The maximum atomic E-state index is 5.88. The zero-order valence-electron chi connectivity index (χ0n) is 10.3. The molecule has 2 atom stereocenters. The molecule has 0 radical (unpaired) electrons. The van der Waals surface area contributed by atoms with E-state index in [9.17, 15) is 0 Å². The summed E-state index contributed by atoms with van der Waals surface area (Å²) in [5.41, 5.74) is 3.78. The largest absolute Gasteiger partial charge is 0.459 e. The third-order valence-corrected chi connectivity index (χ3v) is 3.60. The molecule has 0 bridgehead atoms. The molecule has 0 saturated carbocycles. The monoisotopic (exact) mass is 246 g/mol.